The lowest BCUT2D eigenvalue weighted by atomic mass is 10.1. The van der Waals surface area contributed by atoms with E-state index in [0.717, 1.165) is 18.2 Å². The molecule has 0 saturated heterocycles. The van der Waals surface area contributed by atoms with Crippen molar-refractivity contribution < 1.29 is 13.6 Å². The quantitative estimate of drug-likeness (QED) is 0.382. The second-order valence-corrected chi connectivity index (χ2v) is 8.98. The van der Waals surface area contributed by atoms with Gasteiger partial charge in [0.05, 0.1) is 12.6 Å². The number of nitrogens with zero attached hydrogens (tertiary/aromatic N) is 4. The maximum absolute atomic E-state index is 13.7. The molecule has 0 aliphatic carbocycles. The zero-order valence-corrected chi connectivity index (χ0v) is 20.1. The Morgan fingerprint density at radius 1 is 1.06 bits per heavy atom. The molecule has 6 nitrogen and oxygen atoms in total. The van der Waals surface area contributed by atoms with Crippen molar-refractivity contribution in [3.05, 3.63) is 94.9 Å². The summed E-state index contributed by atoms with van der Waals surface area (Å²) in [6, 6.07) is 15.6. The van der Waals surface area contributed by atoms with Gasteiger partial charge in [0.25, 0.3) is 0 Å². The first kappa shape index (κ1) is 24.5. The van der Waals surface area contributed by atoms with Crippen molar-refractivity contribution in [3.8, 4) is 0 Å². The molecule has 1 amide bonds. The van der Waals surface area contributed by atoms with E-state index in [9.17, 15) is 13.6 Å². The predicted octanol–water partition coefficient (Wildman–Crippen LogP) is 4.63. The second-order valence-electron chi connectivity index (χ2n) is 8.98. The van der Waals surface area contributed by atoms with Gasteiger partial charge in [-0.25, -0.2) is 18.7 Å². The maximum Gasteiger partial charge on any atom is 0.220 e. The summed E-state index contributed by atoms with van der Waals surface area (Å²) >= 11 is 0. The number of carbonyl (C=O) groups is 1. The molecule has 2 aromatic heterocycles. The predicted molar refractivity (Wildman–Crippen MR) is 132 cm³/mol. The van der Waals surface area contributed by atoms with E-state index in [4.69, 9.17) is 0 Å². The molecule has 0 bridgehead atoms. The molecule has 1 atom stereocenters. The number of hydrogen-bond acceptors (Lipinski definition) is 4. The first-order valence-electron chi connectivity index (χ1n) is 11.6. The number of benzene rings is 2. The van der Waals surface area contributed by atoms with Gasteiger partial charge in [-0.15, -0.1) is 0 Å². The van der Waals surface area contributed by atoms with Gasteiger partial charge >= 0.3 is 0 Å². The van der Waals surface area contributed by atoms with E-state index in [1.54, 1.807) is 12.3 Å². The average molecular weight is 478 g/mol. The summed E-state index contributed by atoms with van der Waals surface area (Å²) in [5.74, 6) is -1.21. The van der Waals surface area contributed by atoms with Crippen molar-refractivity contribution in [3.63, 3.8) is 0 Å². The van der Waals surface area contributed by atoms with Crippen LogP contribution < -0.4 is 5.32 Å². The molecule has 4 rings (SSSR count). The molecule has 1 N–H and O–H groups in total. The van der Waals surface area contributed by atoms with Gasteiger partial charge in [0.15, 0.2) is 17.3 Å². The molecule has 2 heterocycles. The fourth-order valence-corrected chi connectivity index (χ4v) is 4.08. The van der Waals surface area contributed by atoms with E-state index in [-0.39, 0.29) is 24.9 Å². The van der Waals surface area contributed by atoms with Gasteiger partial charge in [-0.2, -0.15) is 0 Å². The molecule has 8 heteroatoms. The average Bonchev–Trinajstić information content (AvgIpc) is 3.17. The van der Waals surface area contributed by atoms with Gasteiger partial charge in [0.1, 0.15) is 11.3 Å². The standard InChI is InChI=1S/C27H29F2N5O/c1-18(21-9-6-19(7-10-21)16-33(2)3)31-26(35)13-12-25-32-24-5-4-14-30-27(24)34(25)17-20-8-11-22(28)23(29)15-20/h4-11,14-15,18H,12-13,16-17H2,1-3H3,(H,31,35)/t18-/m0/s1. The van der Waals surface area contributed by atoms with Crippen LogP contribution in [0.1, 0.15) is 41.9 Å². The van der Waals surface area contributed by atoms with E-state index in [1.165, 1.54) is 17.7 Å². The van der Waals surface area contributed by atoms with Crippen molar-refractivity contribution in [2.45, 2.75) is 38.9 Å². The van der Waals surface area contributed by atoms with Crippen molar-refractivity contribution in [2.75, 3.05) is 14.1 Å². The van der Waals surface area contributed by atoms with Gasteiger partial charge in [-0.3, -0.25) is 4.79 Å². The van der Waals surface area contributed by atoms with E-state index in [0.29, 0.717) is 29.0 Å². The van der Waals surface area contributed by atoms with Gasteiger partial charge in [-0.05, 0) is 62.0 Å². The monoisotopic (exact) mass is 477 g/mol. The van der Waals surface area contributed by atoms with Crippen LogP contribution in [0.2, 0.25) is 0 Å². The number of halogens is 2. The fourth-order valence-electron chi connectivity index (χ4n) is 4.08. The molecular weight excluding hydrogens is 448 g/mol. The molecule has 0 aliphatic heterocycles. The number of fused-ring (bicyclic) bond motifs is 1. The minimum Gasteiger partial charge on any atom is -0.350 e. The summed E-state index contributed by atoms with van der Waals surface area (Å²) in [7, 11) is 4.05. The lowest BCUT2D eigenvalue weighted by Gasteiger charge is -2.16. The van der Waals surface area contributed by atoms with Gasteiger partial charge < -0.3 is 14.8 Å². The Kier molecular flexibility index (Phi) is 7.51. The Bertz CT molecular complexity index is 1320. The Morgan fingerprint density at radius 3 is 2.51 bits per heavy atom. The fraction of sp³-hybridized carbons (Fsp3) is 0.296. The Hall–Kier alpha value is -3.65. The molecule has 0 radical (unpaired) electrons. The smallest absolute Gasteiger partial charge is 0.220 e. The Labute approximate surface area is 203 Å². The summed E-state index contributed by atoms with van der Waals surface area (Å²) in [5, 5.41) is 3.05. The molecule has 182 valence electrons. The molecular formula is C27H29F2N5O. The van der Waals surface area contributed by atoms with Crippen LogP contribution in [0.4, 0.5) is 8.78 Å². The number of hydrogen-bond donors (Lipinski definition) is 1. The summed E-state index contributed by atoms with van der Waals surface area (Å²) in [6.07, 6.45) is 2.29. The molecule has 0 fully saturated rings. The van der Waals surface area contributed by atoms with E-state index >= 15 is 0 Å². The molecule has 0 saturated carbocycles. The number of rotatable bonds is 9. The second kappa shape index (κ2) is 10.7. The van der Waals surface area contributed by atoms with E-state index in [1.807, 2.05) is 43.8 Å². The highest BCUT2D eigenvalue weighted by molar-refractivity contribution is 5.77. The first-order chi connectivity index (χ1) is 16.8. The zero-order valence-electron chi connectivity index (χ0n) is 20.1. The topological polar surface area (TPSA) is 63.1 Å². The number of carbonyl (C=O) groups excluding carboxylic acids is 1. The van der Waals surface area contributed by atoms with Crippen LogP contribution in [0.25, 0.3) is 11.2 Å². The minimum absolute atomic E-state index is 0.0886. The maximum atomic E-state index is 13.7. The van der Waals surface area contributed by atoms with Crippen LogP contribution in [-0.4, -0.2) is 39.4 Å². The van der Waals surface area contributed by atoms with E-state index < -0.39 is 11.6 Å². The third kappa shape index (κ3) is 6.08. The van der Waals surface area contributed by atoms with Crippen LogP contribution in [0.3, 0.4) is 0 Å². The van der Waals surface area contributed by atoms with Crippen molar-refractivity contribution >= 4 is 17.1 Å². The minimum atomic E-state index is -0.899. The number of aromatic nitrogens is 3. The van der Waals surface area contributed by atoms with Gasteiger partial charge in [-0.1, -0.05) is 30.3 Å². The third-order valence-corrected chi connectivity index (χ3v) is 5.84. The van der Waals surface area contributed by atoms with Crippen LogP contribution >= 0.6 is 0 Å². The van der Waals surface area contributed by atoms with Gasteiger partial charge in [0, 0.05) is 25.6 Å². The molecule has 4 aromatic rings. The van der Waals surface area contributed by atoms with E-state index in [2.05, 4.69) is 32.3 Å². The molecule has 0 spiro atoms. The molecule has 0 unspecified atom stereocenters. The number of amides is 1. The SMILES string of the molecule is C[C@H](NC(=O)CCc1nc2cccnc2n1Cc1ccc(F)c(F)c1)c1ccc(CN(C)C)cc1. The first-order valence-corrected chi connectivity index (χ1v) is 11.6. The van der Waals surface area contributed by atoms with Crippen molar-refractivity contribution in [2.24, 2.45) is 0 Å². The third-order valence-electron chi connectivity index (χ3n) is 5.84. The van der Waals surface area contributed by atoms with Crippen molar-refractivity contribution in [1.82, 2.24) is 24.8 Å². The normalized spacial score (nSPS) is 12.3. The largest absolute Gasteiger partial charge is 0.350 e. The molecule has 35 heavy (non-hydrogen) atoms. The van der Waals surface area contributed by atoms with Crippen LogP contribution in [0.5, 0.6) is 0 Å². The van der Waals surface area contributed by atoms with Crippen LogP contribution in [0.15, 0.2) is 60.8 Å². The van der Waals surface area contributed by atoms with Crippen LogP contribution in [-0.2, 0) is 24.3 Å². The highest BCUT2D eigenvalue weighted by atomic mass is 19.2. The van der Waals surface area contributed by atoms with Crippen molar-refractivity contribution in [1.29, 1.82) is 0 Å². The molecule has 2 aromatic carbocycles. The number of imidazole rings is 1. The zero-order chi connectivity index (χ0) is 24.9. The lowest BCUT2D eigenvalue weighted by molar-refractivity contribution is -0.121. The number of pyridine rings is 1. The Morgan fingerprint density at radius 2 is 1.80 bits per heavy atom. The summed E-state index contributed by atoms with van der Waals surface area (Å²) < 4.78 is 29.0. The summed E-state index contributed by atoms with van der Waals surface area (Å²) in [5.41, 5.74) is 4.17. The lowest BCUT2D eigenvalue weighted by Crippen LogP contribution is -2.27. The van der Waals surface area contributed by atoms with Gasteiger partial charge in [0.2, 0.25) is 5.91 Å². The van der Waals surface area contributed by atoms with Crippen LogP contribution in [0, 0.1) is 11.6 Å². The highest BCUT2D eigenvalue weighted by Gasteiger charge is 2.16. The summed E-state index contributed by atoms with van der Waals surface area (Å²) in [4.78, 5) is 23.9. The molecule has 0 aliphatic rings. The number of nitrogens with one attached hydrogen (secondary N) is 1. The highest BCUT2D eigenvalue weighted by Crippen LogP contribution is 2.19. The number of aryl methyl sites for hydroxylation is 1. The Balaban J connectivity index is 1.44. The summed E-state index contributed by atoms with van der Waals surface area (Å²) in [6.45, 7) is 3.10.